The quantitative estimate of drug-likeness (QED) is 0.773. The first-order chi connectivity index (χ1) is 12.2. The standard InChI is InChI=1S/C19H27ClN2O3/c20-15-4-5-18(25-13-16-2-1-11-24-16)17(12-15)22-19(23)6-3-14-7-9-21-10-8-14/h4-5,12,14,16,21H,1-3,6-11,13H2,(H,22,23). The van der Waals surface area contributed by atoms with E-state index in [9.17, 15) is 4.79 Å². The molecule has 2 N–H and O–H groups in total. The Morgan fingerprint density at radius 2 is 2.16 bits per heavy atom. The van der Waals surface area contributed by atoms with Crippen molar-refractivity contribution >= 4 is 23.2 Å². The van der Waals surface area contributed by atoms with Crippen molar-refractivity contribution in [3.63, 3.8) is 0 Å². The van der Waals surface area contributed by atoms with E-state index in [2.05, 4.69) is 10.6 Å². The van der Waals surface area contributed by atoms with Crippen molar-refractivity contribution in [1.29, 1.82) is 0 Å². The van der Waals surface area contributed by atoms with Crippen molar-refractivity contribution in [2.45, 2.75) is 44.6 Å². The summed E-state index contributed by atoms with van der Waals surface area (Å²) in [5.41, 5.74) is 0.640. The topological polar surface area (TPSA) is 59.6 Å². The van der Waals surface area contributed by atoms with Gasteiger partial charge in [0.25, 0.3) is 0 Å². The summed E-state index contributed by atoms with van der Waals surface area (Å²) >= 11 is 6.09. The molecule has 1 atom stereocenters. The lowest BCUT2D eigenvalue weighted by Gasteiger charge is -2.22. The summed E-state index contributed by atoms with van der Waals surface area (Å²) in [6, 6.07) is 5.33. The second-order valence-electron chi connectivity index (χ2n) is 6.87. The van der Waals surface area contributed by atoms with E-state index < -0.39 is 0 Å². The first-order valence-electron chi connectivity index (χ1n) is 9.25. The molecule has 2 aliphatic heterocycles. The Labute approximate surface area is 154 Å². The van der Waals surface area contributed by atoms with Crippen molar-refractivity contribution in [1.82, 2.24) is 5.32 Å². The van der Waals surface area contributed by atoms with E-state index in [1.807, 2.05) is 0 Å². The molecule has 1 unspecified atom stereocenters. The molecular weight excluding hydrogens is 340 g/mol. The smallest absolute Gasteiger partial charge is 0.224 e. The summed E-state index contributed by atoms with van der Waals surface area (Å²) in [7, 11) is 0. The van der Waals surface area contributed by atoms with Crippen LogP contribution in [0.5, 0.6) is 5.75 Å². The fraction of sp³-hybridized carbons (Fsp3) is 0.632. The Morgan fingerprint density at radius 3 is 2.92 bits per heavy atom. The molecule has 25 heavy (non-hydrogen) atoms. The predicted octanol–water partition coefficient (Wildman–Crippen LogP) is 3.62. The summed E-state index contributed by atoms with van der Waals surface area (Å²) in [4.78, 5) is 12.3. The van der Waals surface area contributed by atoms with Crippen molar-refractivity contribution in [3.05, 3.63) is 23.2 Å². The van der Waals surface area contributed by atoms with Crippen molar-refractivity contribution in [2.75, 3.05) is 31.6 Å². The van der Waals surface area contributed by atoms with Crippen LogP contribution in [0.25, 0.3) is 0 Å². The molecule has 138 valence electrons. The maximum absolute atomic E-state index is 12.3. The molecule has 1 amide bonds. The first-order valence-corrected chi connectivity index (χ1v) is 9.63. The fourth-order valence-electron chi connectivity index (χ4n) is 3.40. The average Bonchev–Trinajstić information content (AvgIpc) is 3.14. The summed E-state index contributed by atoms with van der Waals surface area (Å²) in [5, 5.41) is 6.89. The lowest BCUT2D eigenvalue weighted by Crippen LogP contribution is -2.28. The molecular formula is C19H27ClN2O3. The van der Waals surface area contributed by atoms with Crippen LogP contribution in [0.1, 0.15) is 38.5 Å². The predicted molar refractivity (Wildman–Crippen MR) is 99.4 cm³/mol. The third-order valence-corrected chi connectivity index (χ3v) is 5.14. The van der Waals surface area contributed by atoms with Crippen LogP contribution in [-0.4, -0.2) is 38.3 Å². The third kappa shape index (κ3) is 5.87. The highest BCUT2D eigenvalue weighted by Gasteiger charge is 2.18. The zero-order valence-corrected chi connectivity index (χ0v) is 15.3. The maximum Gasteiger partial charge on any atom is 0.224 e. The normalized spacial score (nSPS) is 21.2. The second-order valence-corrected chi connectivity index (χ2v) is 7.30. The van der Waals surface area contributed by atoms with Gasteiger partial charge in [0.2, 0.25) is 5.91 Å². The van der Waals surface area contributed by atoms with Crippen LogP contribution < -0.4 is 15.4 Å². The highest BCUT2D eigenvalue weighted by atomic mass is 35.5. The van der Waals surface area contributed by atoms with E-state index in [1.165, 1.54) is 0 Å². The molecule has 0 radical (unpaired) electrons. The lowest BCUT2D eigenvalue weighted by molar-refractivity contribution is -0.116. The molecule has 0 aliphatic carbocycles. The van der Waals surface area contributed by atoms with Crippen LogP contribution in [-0.2, 0) is 9.53 Å². The molecule has 2 saturated heterocycles. The zero-order valence-electron chi connectivity index (χ0n) is 14.6. The Balaban J connectivity index is 1.52. The Kier molecular flexibility index (Phi) is 6.96. The minimum atomic E-state index is 0.0164. The largest absolute Gasteiger partial charge is 0.489 e. The van der Waals surface area contributed by atoms with Crippen molar-refractivity contribution in [3.8, 4) is 5.75 Å². The number of halogens is 1. The number of amides is 1. The maximum atomic E-state index is 12.3. The van der Waals surface area contributed by atoms with Crippen LogP contribution in [0.15, 0.2) is 18.2 Å². The molecule has 3 rings (SSSR count). The van der Waals surface area contributed by atoms with Gasteiger partial charge >= 0.3 is 0 Å². The van der Waals surface area contributed by atoms with E-state index in [0.29, 0.717) is 35.4 Å². The van der Waals surface area contributed by atoms with Crippen molar-refractivity contribution in [2.24, 2.45) is 5.92 Å². The number of carbonyl (C=O) groups is 1. The highest BCUT2D eigenvalue weighted by molar-refractivity contribution is 6.31. The van der Waals surface area contributed by atoms with Crippen LogP contribution >= 0.6 is 11.6 Å². The molecule has 6 heteroatoms. The minimum absolute atomic E-state index is 0.0164. The molecule has 2 aliphatic rings. The number of nitrogens with one attached hydrogen (secondary N) is 2. The highest BCUT2D eigenvalue weighted by Crippen LogP contribution is 2.29. The van der Waals surface area contributed by atoms with Gasteiger partial charge in [-0.1, -0.05) is 11.6 Å². The van der Waals surface area contributed by atoms with Crippen LogP contribution in [0.4, 0.5) is 5.69 Å². The summed E-state index contributed by atoms with van der Waals surface area (Å²) in [5.74, 6) is 1.31. The molecule has 5 nitrogen and oxygen atoms in total. The van der Waals surface area contributed by atoms with Crippen molar-refractivity contribution < 1.29 is 14.3 Å². The van der Waals surface area contributed by atoms with E-state index in [4.69, 9.17) is 21.1 Å². The number of carbonyl (C=O) groups excluding carboxylic acids is 1. The van der Waals surface area contributed by atoms with Gasteiger partial charge in [0.15, 0.2) is 0 Å². The molecule has 2 heterocycles. The molecule has 0 aromatic heterocycles. The average molecular weight is 367 g/mol. The van der Waals surface area contributed by atoms with Gasteiger partial charge in [-0.25, -0.2) is 0 Å². The summed E-state index contributed by atoms with van der Waals surface area (Å²) in [6.45, 7) is 3.41. The number of hydrogen-bond donors (Lipinski definition) is 2. The first kappa shape index (κ1) is 18.5. The second kappa shape index (κ2) is 9.41. The Bertz CT molecular complexity index is 570. The van der Waals surface area contributed by atoms with E-state index in [1.54, 1.807) is 18.2 Å². The number of hydrogen-bond acceptors (Lipinski definition) is 4. The monoisotopic (exact) mass is 366 g/mol. The summed E-state index contributed by atoms with van der Waals surface area (Å²) in [6.07, 6.45) is 6.00. The Hall–Kier alpha value is -1.30. The van der Waals surface area contributed by atoms with Crippen LogP contribution in [0.2, 0.25) is 5.02 Å². The third-order valence-electron chi connectivity index (χ3n) is 4.90. The van der Waals surface area contributed by atoms with Crippen LogP contribution in [0, 0.1) is 5.92 Å². The zero-order chi connectivity index (χ0) is 17.5. The van der Waals surface area contributed by atoms with Crippen LogP contribution in [0.3, 0.4) is 0 Å². The number of rotatable bonds is 7. The van der Waals surface area contributed by atoms with E-state index in [0.717, 1.165) is 51.8 Å². The van der Waals surface area contributed by atoms with Gasteiger partial charge in [-0.2, -0.15) is 0 Å². The number of piperidine rings is 1. The SMILES string of the molecule is O=C(CCC1CCNCC1)Nc1cc(Cl)ccc1OCC1CCCO1. The van der Waals surface area contributed by atoms with Gasteiger partial charge in [-0.05, 0) is 69.3 Å². The van der Waals surface area contributed by atoms with E-state index in [-0.39, 0.29) is 12.0 Å². The van der Waals surface area contributed by atoms with Gasteiger partial charge in [0, 0.05) is 18.1 Å². The number of ether oxygens (including phenoxy) is 2. The number of anilines is 1. The molecule has 0 saturated carbocycles. The molecule has 0 spiro atoms. The minimum Gasteiger partial charge on any atom is -0.489 e. The molecule has 1 aromatic rings. The lowest BCUT2D eigenvalue weighted by atomic mass is 9.93. The van der Waals surface area contributed by atoms with E-state index >= 15 is 0 Å². The molecule has 2 fully saturated rings. The van der Waals surface area contributed by atoms with Gasteiger partial charge < -0.3 is 20.1 Å². The number of benzene rings is 1. The van der Waals surface area contributed by atoms with Gasteiger partial charge in [-0.15, -0.1) is 0 Å². The van der Waals surface area contributed by atoms with Gasteiger partial charge in [0.1, 0.15) is 12.4 Å². The van der Waals surface area contributed by atoms with Gasteiger partial charge in [-0.3, -0.25) is 4.79 Å². The fourth-order valence-corrected chi connectivity index (χ4v) is 3.57. The molecule has 1 aromatic carbocycles. The Morgan fingerprint density at radius 1 is 1.32 bits per heavy atom. The van der Waals surface area contributed by atoms with Gasteiger partial charge in [0.05, 0.1) is 11.8 Å². The summed E-state index contributed by atoms with van der Waals surface area (Å²) < 4.78 is 11.4. The molecule has 0 bridgehead atoms.